The summed E-state index contributed by atoms with van der Waals surface area (Å²) in [5, 5.41) is 3.03. The lowest BCUT2D eigenvalue weighted by Crippen LogP contribution is -2.30. The summed E-state index contributed by atoms with van der Waals surface area (Å²) in [7, 11) is 4.11. The van der Waals surface area contributed by atoms with Gasteiger partial charge in [-0.1, -0.05) is 42.5 Å². The third-order valence-corrected chi connectivity index (χ3v) is 5.63. The first kappa shape index (κ1) is 20.2. The number of carbonyl (C=O) groups excluding carboxylic acids is 1. The van der Waals surface area contributed by atoms with Crippen LogP contribution in [0.3, 0.4) is 0 Å². The van der Waals surface area contributed by atoms with Crippen molar-refractivity contribution in [1.29, 1.82) is 0 Å². The van der Waals surface area contributed by atoms with Crippen LogP contribution in [-0.2, 0) is 26.1 Å². The first-order chi connectivity index (χ1) is 14.5. The number of anilines is 1. The first-order valence-electron chi connectivity index (χ1n) is 10.4. The van der Waals surface area contributed by atoms with Crippen molar-refractivity contribution in [3.63, 3.8) is 0 Å². The molecule has 156 valence electrons. The van der Waals surface area contributed by atoms with E-state index in [9.17, 15) is 4.79 Å². The van der Waals surface area contributed by atoms with E-state index in [0.29, 0.717) is 30.5 Å². The third-order valence-electron chi connectivity index (χ3n) is 5.63. The van der Waals surface area contributed by atoms with Gasteiger partial charge in [-0.3, -0.25) is 4.79 Å². The number of hydrogen-bond acceptors (Lipinski definition) is 4. The predicted octanol–water partition coefficient (Wildman–Crippen LogP) is 4.22. The fourth-order valence-corrected chi connectivity index (χ4v) is 4.10. The molecule has 1 aromatic heterocycles. The van der Waals surface area contributed by atoms with Crippen molar-refractivity contribution in [3.05, 3.63) is 88.9 Å². The topological polar surface area (TPSA) is 48.7 Å². The fraction of sp³-hybridized carbons (Fsp3) is 0.320. The second kappa shape index (κ2) is 8.76. The quantitative estimate of drug-likeness (QED) is 0.642. The molecular formula is C25H29N3O2. The molecule has 2 heterocycles. The molecular weight excluding hydrogens is 374 g/mol. The Kier molecular flexibility index (Phi) is 5.91. The minimum Gasteiger partial charge on any atom is -0.467 e. The van der Waals surface area contributed by atoms with Gasteiger partial charge in [-0.25, -0.2) is 0 Å². The van der Waals surface area contributed by atoms with Crippen LogP contribution in [0.5, 0.6) is 0 Å². The number of fused-ring (bicyclic) bond motifs is 1. The first-order valence-corrected chi connectivity index (χ1v) is 10.4. The molecule has 0 spiro atoms. The van der Waals surface area contributed by atoms with Gasteiger partial charge in [0, 0.05) is 24.8 Å². The van der Waals surface area contributed by atoms with Crippen molar-refractivity contribution in [2.24, 2.45) is 0 Å². The Morgan fingerprint density at radius 3 is 2.60 bits per heavy atom. The molecule has 0 fully saturated rings. The highest BCUT2D eigenvalue weighted by Crippen LogP contribution is 2.33. The van der Waals surface area contributed by atoms with Crippen LogP contribution in [0.2, 0.25) is 0 Å². The van der Waals surface area contributed by atoms with Crippen LogP contribution in [0.1, 0.15) is 39.7 Å². The molecule has 2 aromatic carbocycles. The molecule has 1 atom stereocenters. The Balaban J connectivity index is 1.40. The van der Waals surface area contributed by atoms with E-state index >= 15 is 0 Å². The van der Waals surface area contributed by atoms with E-state index in [1.807, 2.05) is 0 Å². The molecule has 0 saturated heterocycles. The lowest BCUT2D eigenvalue weighted by atomic mass is 10.1. The normalized spacial score (nSPS) is 15.5. The Bertz CT molecular complexity index is 1010. The van der Waals surface area contributed by atoms with Crippen molar-refractivity contribution in [3.8, 4) is 0 Å². The minimum absolute atomic E-state index is 0.101. The molecule has 1 unspecified atom stereocenters. The van der Waals surface area contributed by atoms with Crippen LogP contribution >= 0.6 is 0 Å². The molecule has 5 heteroatoms. The van der Waals surface area contributed by atoms with Gasteiger partial charge < -0.3 is 19.5 Å². The monoisotopic (exact) mass is 403 g/mol. The van der Waals surface area contributed by atoms with Gasteiger partial charge in [0.2, 0.25) is 0 Å². The highest BCUT2D eigenvalue weighted by molar-refractivity contribution is 5.95. The fourth-order valence-electron chi connectivity index (χ4n) is 4.10. The maximum absolute atomic E-state index is 12.8. The highest BCUT2D eigenvalue weighted by Gasteiger charge is 2.27. The Morgan fingerprint density at radius 1 is 1.10 bits per heavy atom. The van der Waals surface area contributed by atoms with Gasteiger partial charge in [0.1, 0.15) is 5.76 Å². The molecule has 1 amide bonds. The second-order valence-electron chi connectivity index (χ2n) is 8.30. The average Bonchev–Trinajstić information content (AvgIpc) is 3.32. The van der Waals surface area contributed by atoms with Gasteiger partial charge in [-0.05, 0) is 56.3 Å². The number of rotatable bonds is 7. The molecule has 1 aliphatic heterocycles. The summed E-state index contributed by atoms with van der Waals surface area (Å²) in [5.41, 5.74) is 5.52. The van der Waals surface area contributed by atoms with Crippen molar-refractivity contribution < 1.29 is 9.21 Å². The Hall–Kier alpha value is -3.05. The number of nitrogens with one attached hydrogen (secondary N) is 1. The number of amides is 1. The van der Waals surface area contributed by atoms with Gasteiger partial charge in [0.25, 0.3) is 5.91 Å². The lowest BCUT2D eigenvalue weighted by molar-refractivity contribution is 0.0949. The summed E-state index contributed by atoms with van der Waals surface area (Å²) in [6, 6.07) is 18.9. The van der Waals surface area contributed by atoms with Crippen molar-refractivity contribution >= 4 is 11.6 Å². The predicted molar refractivity (Wildman–Crippen MR) is 120 cm³/mol. The molecule has 30 heavy (non-hydrogen) atoms. The number of nitrogens with zero attached hydrogens (tertiary/aromatic N) is 2. The summed E-state index contributed by atoms with van der Waals surface area (Å²) in [6.45, 7) is 4.20. The van der Waals surface area contributed by atoms with Crippen molar-refractivity contribution in [2.75, 3.05) is 19.0 Å². The molecule has 1 aliphatic rings. The molecule has 0 aliphatic carbocycles. The van der Waals surface area contributed by atoms with Gasteiger partial charge in [0.05, 0.1) is 18.4 Å². The minimum atomic E-state index is -0.101. The van der Waals surface area contributed by atoms with Crippen molar-refractivity contribution in [1.82, 2.24) is 10.2 Å². The van der Waals surface area contributed by atoms with E-state index in [0.717, 1.165) is 18.5 Å². The van der Waals surface area contributed by atoms with Crippen LogP contribution in [0.25, 0.3) is 0 Å². The number of furan rings is 1. The lowest BCUT2D eigenvalue weighted by Gasteiger charge is -2.24. The zero-order valence-electron chi connectivity index (χ0n) is 17.9. The van der Waals surface area contributed by atoms with E-state index in [4.69, 9.17) is 4.42 Å². The Morgan fingerprint density at radius 2 is 1.83 bits per heavy atom. The standard InChI is InChI=1S/C25H29N3O2/c1-18-14-21-6-4-5-7-23(21)28(18)17-24-22(12-13-30-24)25(29)26-15-19-8-10-20(11-9-19)16-27(2)3/h4-13,18H,14-17H2,1-3H3,(H,26,29). The SMILES string of the molecule is CC1Cc2ccccc2N1Cc1occc1C(=O)NCc1ccc(CN(C)C)cc1. The highest BCUT2D eigenvalue weighted by atomic mass is 16.3. The van der Waals surface area contributed by atoms with E-state index in [1.54, 1.807) is 12.3 Å². The Labute approximate surface area is 178 Å². The van der Waals surface area contributed by atoms with E-state index in [-0.39, 0.29) is 5.91 Å². The molecule has 0 saturated carbocycles. The zero-order chi connectivity index (χ0) is 21.1. The summed E-state index contributed by atoms with van der Waals surface area (Å²) in [6.07, 6.45) is 2.62. The summed E-state index contributed by atoms with van der Waals surface area (Å²) < 4.78 is 5.71. The van der Waals surface area contributed by atoms with Gasteiger partial charge in [0.15, 0.2) is 0 Å². The van der Waals surface area contributed by atoms with Gasteiger partial charge >= 0.3 is 0 Å². The summed E-state index contributed by atoms with van der Waals surface area (Å²) in [5.74, 6) is 0.605. The number of hydrogen-bond donors (Lipinski definition) is 1. The van der Waals surface area contributed by atoms with E-state index in [2.05, 4.69) is 84.7 Å². The van der Waals surface area contributed by atoms with E-state index in [1.165, 1.54) is 16.8 Å². The largest absolute Gasteiger partial charge is 0.467 e. The van der Waals surface area contributed by atoms with Crippen LogP contribution in [0, 0.1) is 0 Å². The summed E-state index contributed by atoms with van der Waals surface area (Å²) in [4.78, 5) is 17.3. The molecule has 4 rings (SSSR count). The average molecular weight is 404 g/mol. The number of carbonyl (C=O) groups is 1. The molecule has 0 bridgehead atoms. The zero-order valence-corrected chi connectivity index (χ0v) is 17.9. The third kappa shape index (κ3) is 4.41. The molecule has 0 radical (unpaired) electrons. The molecule has 3 aromatic rings. The maximum atomic E-state index is 12.8. The van der Waals surface area contributed by atoms with Crippen LogP contribution in [0.15, 0.2) is 65.3 Å². The maximum Gasteiger partial charge on any atom is 0.255 e. The molecule has 5 nitrogen and oxygen atoms in total. The van der Waals surface area contributed by atoms with E-state index < -0.39 is 0 Å². The van der Waals surface area contributed by atoms with Crippen LogP contribution in [-0.4, -0.2) is 30.9 Å². The number of para-hydroxylation sites is 1. The van der Waals surface area contributed by atoms with Crippen LogP contribution in [0.4, 0.5) is 5.69 Å². The van der Waals surface area contributed by atoms with Crippen molar-refractivity contribution in [2.45, 2.75) is 39.0 Å². The van der Waals surface area contributed by atoms with Gasteiger partial charge in [-0.2, -0.15) is 0 Å². The van der Waals surface area contributed by atoms with Gasteiger partial charge in [-0.15, -0.1) is 0 Å². The van der Waals surface area contributed by atoms with Crippen LogP contribution < -0.4 is 10.2 Å². The second-order valence-corrected chi connectivity index (χ2v) is 8.30. The summed E-state index contributed by atoms with van der Waals surface area (Å²) >= 11 is 0. The number of benzene rings is 2. The smallest absolute Gasteiger partial charge is 0.255 e. The molecule has 1 N–H and O–H groups in total.